The van der Waals surface area contributed by atoms with Crippen molar-refractivity contribution >= 4 is 23.5 Å². The van der Waals surface area contributed by atoms with E-state index >= 15 is 0 Å². The molecule has 1 saturated heterocycles. The highest BCUT2D eigenvalue weighted by Gasteiger charge is 2.23. The summed E-state index contributed by atoms with van der Waals surface area (Å²) in [7, 11) is 0. The fourth-order valence-corrected chi connectivity index (χ4v) is 4.17. The van der Waals surface area contributed by atoms with Crippen LogP contribution in [0, 0.1) is 0 Å². The number of carbonyl (C=O) groups is 3. The number of benzene rings is 2. The van der Waals surface area contributed by atoms with Crippen LogP contribution < -0.4 is 15.0 Å². The van der Waals surface area contributed by atoms with Gasteiger partial charge in [0.25, 0.3) is 0 Å². The number of nitrogens with one attached hydrogen (secondary N) is 1. The number of piperidine rings is 1. The van der Waals surface area contributed by atoms with E-state index in [0.29, 0.717) is 12.2 Å². The Morgan fingerprint density at radius 1 is 1.09 bits per heavy atom. The number of aromatic carboxylic acids is 1. The molecule has 2 aromatic carbocycles. The van der Waals surface area contributed by atoms with Crippen molar-refractivity contribution in [2.24, 2.45) is 0 Å². The molecule has 1 unspecified atom stereocenters. The van der Waals surface area contributed by atoms with Crippen molar-refractivity contribution < 1.29 is 29.0 Å². The Hall–Kier alpha value is -3.55. The lowest BCUT2D eigenvalue weighted by atomic mass is 10.0. The zero-order valence-electron chi connectivity index (χ0n) is 19.7. The number of ether oxygens (including phenoxy) is 2. The monoisotopic (exact) mass is 468 g/mol. The normalized spacial score (nSPS) is 14.2. The zero-order chi connectivity index (χ0) is 24.5. The number of hydrogen-bond acceptors (Lipinski definition) is 6. The van der Waals surface area contributed by atoms with Gasteiger partial charge in [-0.05, 0) is 49.9 Å². The van der Waals surface area contributed by atoms with E-state index in [4.69, 9.17) is 9.47 Å². The Bertz CT molecular complexity index is 1020. The average Bonchev–Trinajstić information content (AvgIpc) is 2.82. The molecule has 0 aromatic heterocycles. The minimum atomic E-state index is -1.09. The van der Waals surface area contributed by atoms with E-state index in [0.717, 1.165) is 37.2 Å². The summed E-state index contributed by atoms with van der Waals surface area (Å²) in [6.45, 7) is 5.34. The molecule has 1 heterocycles. The van der Waals surface area contributed by atoms with E-state index in [1.54, 1.807) is 19.1 Å². The number of rotatable bonds is 10. The summed E-state index contributed by atoms with van der Waals surface area (Å²) in [5.41, 5.74) is 2.61. The molecule has 1 amide bonds. The maximum absolute atomic E-state index is 13.0. The van der Waals surface area contributed by atoms with E-state index in [1.807, 2.05) is 24.3 Å². The molecule has 8 heteroatoms. The number of amides is 1. The molecule has 1 aliphatic rings. The van der Waals surface area contributed by atoms with Crippen molar-refractivity contribution in [3.05, 3.63) is 59.2 Å². The molecule has 1 fully saturated rings. The Labute approximate surface area is 199 Å². The molecule has 2 N–H and O–H groups in total. The van der Waals surface area contributed by atoms with Gasteiger partial charge in [-0.25, -0.2) is 4.79 Å². The minimum absolute atomic E-state index is 0.0219. The summed E-state index contributed by atoms with van der Waals surface area (Å²) in [4.78, 5) is 38.2. The second kappa shape index (κ2) is 12.1. The lowest BCUT2D eigenvalue weighted by Gasteiger charge is -2.32. The second-order valence-corrected chi connectivity index (χ2v) is 8.27. The highest BCUT2D eigenvalue weighted by atomic mass is 16.5. The summed E-state index contributed by atoms with van der Waals surface area (Å²) in [5.74, 6) is -1.54. The maximum atomic E-state index is 13.0. The van der Waals surface area contributed by atoms with Crippen molar-refractivity contribution in [2.75, 3.05) is 31.2 Å². The SMILES string of the molecule is CCOc1cc(CC(=O)NC(COC(C)=O)c2ccccc2N2CCCCC2)ccc1C(=O)O. The van der Waals surface area contributed by atoms with E-state index in [1.165, 1.54) is 19.4 Å². The Morgan fingerprint density at radius 2 is 1.82 bits per heavy atom. The number of carboxylic acids is 1. The van der Waals surface area contributed by atoms with Gasteiger partial charge in [0.2, 0.25) is 5.91 Å². The number of esters is 1. The van der Waals surface area contributed by atoms with Gasteiger partial charge < -0.3 is 24.8 Å². The number of carbonyl (C=O) groups excluding carboxylic acids is 2. The minimum Gasteiger partial charge on any atom is -0.493 e. The fourth-order valence-electron chi connectivity index (χ4n) is 4.17. The van der Waals surface area contributed by atoms with Gasteiger partial charge >= 0.3 is 11.9 Å². The molecule has 3 rings (SSSR count). The highest BCUT2D eigenvalue weighted by Crippen LogP contribution is 2.29. The van der Waals surface area contributed by atoms with Crippen molar-refractivity contribution in [2.45, 2.75) is 45.6 Å². The van der Waals surface area contributed by atoms with E-state index < -0.39 is 18.0 Å². The zero-order valence-corrected chi connectivity index (χ0v) is 19.7. The standard InChI is InChI=1S/C26H32N2O6/c1-3-33-24-15-19(11-12-21(24)26(31)32)16-25(30)27-22(17-34-18(2)29)20-9-5-6-10-23(20)28-13-7-4-8-14-28/h5-6,9-12,15,22H,3-4,7-8,13-14,16-17H2,1-2H3,(H,27,30)(H,31,32). The van der Waals surface area contributed by atoms with Crippen molar-refractivity contribution in [1.82, 2.24) is 5.32 Å². The number of anilines is 1. The third kappa shape index (κ3) is 6.73. The molecule has 0 radical (unpaired) electrons. The Balaban J connectivity index is 1.80. The average molecular weight is 469 g/mol. The van der Waals surface area contributed by atoms with Crippen LogP contribution in [0.15, 0.2) is 42.5 Å². The Morgan fingerprint density at radius 3 is 2.50 bits per heavy atom. The first-order valence-corrected chi connectivity index (χ1v) is 11.6. The van der Waals surface area contributed by atoms with Gasteiger partial charge in [-0.1, -0.05) is 24.3 Å². The van der Waals surface area contributed by atoms with Gasteiger partial charge in [0.05, 0.1) is 19.1 Å². The number of nitrogens with zero attached hydrogens (tertiary/aromatic N) is 1. The van der Waals surface area contributed by atoms with Gasteiger partial charge in [0, 0.05) is 31.3 Å². The van der Waals surface area contributed by atoms with Crippen LogP contribution in [0.5, 0.6) is 5.75 Å². The first-order chi connectivity index (χ1) is 16.4. The lowest BCUT2D eigenvalue weighted by molar-refractivity contribution is -0.142. The van der Waals surface area contributed by atoms with Crippen molar-refractivity contribution in [3.8, 4) is 5.75 Å². The molecular weight excluding hydrogens is 436 g/mol. The fraction of sp³-hybridized carbons (Fsp3) is 0.423. The smallest absolute Gasteiger partial charge is 0.339 e. The van der Waals surface area contributed by atoms with Gasteiger partial charge in [0.15, 0.2) is 0 Å². The number of hydrogen-bond donors (Lipinski definition) is 2. The molecule has 2 aromatic rings. The van der Waals surface area contributed by atoms with Gasteiger partial charge in [-0.2, -0.15) is 0 Å². The van der Waals surface area contributed by atoms with Crippen LogP contribution in [-0.2, 0) is 20.7 Å². The van der Waals surface area contributed by atoms with E-state index in [2.05, 4.69) is 10.2 Å². The van der Waals surface area contributed by atoms with Crippen LogP contribution in [0.25, 0.3) is 0 Å². The number of carboxylic acid groups (broad SMARTS) is 1. The maximum Gasteiger partial charge on any atom is 0.339 e. The van der Waals surface area contributed by atoms with Crippen LogP contribution in [-0.4, -0.2) is 49.3 Å². The van der Waals surface area contributed by atoms with E-state index in [9.17, 15) is 19.5 Å². The van der Waals surface area contributed by atoms with Crippen LogP contribution >= 0.6 is 0 Å². The predicted octanol–water partition coefficient (Wildman–Crippen LogP) is 3.74. The van der Waals surface area contributed by atoms with Crippen LogP contribution in [0.2, 0.25) is 0 Å². The molecule has 0 aliphatic carbocycles. The van der Waals surface area contributed by atoms with Gasteiger partial charge in [0.1, 0.15) is 17.9 Å². The molecule has 0 bridgehead atoms. The summed E-state index contributed by atoms with van der Waals surface area (Å²) in [5, 5.41) is 12.3. The van der Waals surface area contributed by atoms with Crippen LogP contribution in [0.1, 0.15) is 60.6 Å². The van der Waals surface area contributed by atoms with Gasteiger partial charge in [-0.3, -0.25) is 9.59 Å². The largest absolute Gasteiger partial charge is 0.493 e. The second-order valence-electron chi connectivity index (χ2n) is 8.27. The highest BCUT2D eigenvalue weighted by molar-refractivity contribution is 5.91. The van der Waals surface area contributed by atoms with Crippen LogP contribution in [0.4, 0.5) is 5.69 Å². The summed E-state index contributed by atoms with van der Waals surface area (Å²) >= 11 is 0. The third-order valence-electron chi connectivity index (χ3n) is 5.74. The van der Waals surface area contributed by atoms with Crippen LogP contribution in [0.3, 0.4) is 0 Å². The molecule has 1 aliphatic heterocycles. The predicted molar refractivity (Wildman–Crippen MR) is 128 cm³/mol. The van der Waals surface area contributed by atoms with E-state index in [-0.39, 0.29) is 30.2 Å². The summed E-state index contributed by atoms with van der Waals surface area (Å²) in [6.07, 6.45) is 3.47. The summed E-state index contributed by atoms with van der Waals surface area (Å²) in [6, 6.07) is 12.0. The quantitative estimate of drug-likeness (QED) is 0.512. The molecule has 8 nitrogen and oxygen atoms in total. The first kappa shape index (κ1) is 25.1. The molecule has 1 atom stereocenters. The molecule has 34 heavy (non-hydrogen) atoms. The first-order valence-electron chi connectivity index (χ1n) is 11.6. The molecule has 0 saturated carbocycles. The Kier molecular flexibility index (Phi) is 8.90. The van der Waals surface area contributed by atoms with Gasteiger partial charge in [-0.15, -0.1) is 0 Å². The number of para-hydroxylation sites is 1. The molecule has 0 spiro atoms. The van der Waals surface area contributed by atoms with Crippen molar-refractivity contribution in [3.63, 3.8) is 0 Å². The molecule has 182 valence electrons. The molecular formula is C26H32N2O6. The topological polar surface area (TPSA) is 105 Å². The lowest BCUT2D eigenvalue weighted by Crippen LogP contribution is -2.36. The van der Waals surface area contributed by atoms with Crippen molar-refractivity contribution in [1.29, 1.82) is 0 Å². The summed E-state index contributed by atoms with van der Waals surface area (Å²) < 4.78 is 10.7. The third-order valence-corrected chi connectivity index (χ3v) is 5.74.